The fraction of sp³-hybridized carbons (Fsp3) is 0.154. The first-order valence-corrected chi connectivity index (χ1v) is 5.89. The number of hydrogen-bond donors (Lipinski definition) is 2. The number of rotatable bonds is 3. The van der Waals surface area contributed by atoms with Crippen molar-refractivity contribution in [2.75, 3.05) is 0 Å². The lowest BCUT2D eigenvalue weighted by molar-refractivity contribution is 0.0930. The molecule has 0 radical (unpaired) electrons. The summed E-state index contributed by atoms with van der Waals surface area (Å²) < 4.78 is 5.69. The van der Waals surface area contributed by atoms with Gasteiger partial charge < -0.3 is 9.73 Å². The molecule has 0 saturated heterocycles. The lowest BCUT2D eigenvalue weighted by Crippen LogP contribution is -2.26. The highest BCUT2D eigenvalue weighted by molar-refractivity contribution is 5.92. The monoisotopic (exact) mass is 256 g/mol. The van der Waals surface area contributed by atoms with Crippen molar-refractivity contribution in [3.63, 3.8) is 0 Å². The van der Waals surface area contributed by atoms with Crippen molar-refractivity contribution in [3.05, 3.63) is 48.0 Å². The van der Waals surface area contributed by atoms with E-state index in [1.807, 2.05) is 37.3 Å². The third-order valence-corrected chi connectivity index (χ3v) is 2.87. The molecule has 0 bridgehead atoms. The summed E-state index contributed by atoms with van der Waals surface area (Å²) in [5.74, 6) is 0.416. The first-order valence-electron chi connectivity index (χ1n) is 5.89. The fourth-order valence-corrected chi connectivity index (χ4v) is 1.87. The number of furan rings is 1. The highest BCUT2D eigenvalue weighted by Gasteiger charge is 2.16. The first kappa shape index (κ1) is 11.5. The smallest absolute Gasteiger partial charge is 0.274 e. The zero-order valence-corrected chi connectivity index (χ0v) is 10.3. The number of nitrogens with one attached hydrogen (secondary N) is 2. The predicted molar refractivity (Wildman–Crippen MR) is 68.5 cm³/mol. The summed E-state index contributed by atoms with van der Waals surface area (Å²) in [5.41, 5.74) is 1.06. The van der Waals surface area contributed by atoms with Gasteiger partial charge in [0.05, 0.1) is 12.2 Å². The summed E-state index contributed by atoms with van der Waals surface area (Å²) in [6, 6.07) is 9.40. The van der Waals surface area contributed by atoms with E-state index < -0.39 is 0 Å². The Kier molecular flexibility index (Phi) is 2.75. The number of carbonyl (C=O) groups excluding carboxylic acids is 1. The average molecular weight is 256 g/mol. The third kappa shape index (κ3) is 2.20. The lowest BCUT2D eigenvalue weighted by Gasteiger charge is -2.09. The van der Waals surface area contributed by atoms with Crippen LogP contribution in [0.2, 0.25) is 0 Å². The van der Waals surface area contributed by atoms with Crippen LogP contribution in [0.1, 0.15) is 29.2 Å². The zero-order chi connectivity index (χ0) is 13.2. The zero-order valence-electron chi connectivity index (χ0n) is 10.3. The van der Waals surface area contributed by atoms with E-state index >= 15 is 0 Å². The number of aromatic nitrogens is 3. The summed E-state index contributed by atoms with van der Waals surface area (Å²) in [6.45, 7) is 1.86. The van der Waals surface area contributed by atoms with Gasteiger partial charge in [0, 0.05) is 5.39 Å². The molecule has 0 aliphatic rings. The Labute approximate surface area is 108 Å². The summed E-state index contributed by atoms with van der Waals surface area (Å²) in [4.78, 5) is 11.8. The van der Waals surface area contributed by atoms with Crippen molar-refractivity contribution in [2.24, 2.45) is 0 Å². The van der Waals surface area contributed by atoms with Gasteiger partial charge in [-0.2, -0.15) is 15.4 Å². The van der Waals surface area contributed by atoms with Crippen molar-refractivity contribution in [1.82, 2.24) is 20.7 Å². The molecule has 6 heteroatoms. The number of fused-ring (bicyclic) bond motifs is 1. The maximum Gasteiger partial charge on any atom is 0.274 e. The number of carbonyl (C=O) groups is 1. The standard InChI is InChI=1S/C13H12N4O2/c1-8(15-13(18)10-7-14-17-16-10)12-6-9-4-2-3-5-11(9)19-12/h2-8H,1H3,(H,15,18)(H,14,16,17). The van der Waals surface area contributed by atoms with Gasteiger partial charge >= 0.3 is 0 Å². The number of amides is 1. The molecule has 3 rings (SSSR count). The number of hydrogen-bond acceptors (Lipinski definition) is 4. The van der Waals surface area contributed by atoms with E-state index in [1.54, 1.807) is 0 Å². The van der Waals surface area contributed by atoms with E-state index in [0.29, 0.717) is 5.76 Å². The maximum atomic E-state index is 11.8. The van der Waals surface area contributed by atoms with Crippen LogP contribution in [0.4, 0.5) is 0 Å². The van der Waals surface area contributed by atoms with Crippen molar-refractivity contribution >= 4 is 16.9 Å². The van der Waals surface area contributed by atoms with Crippen LogP contribution < -0.4 is 5.32 Å². The minimum absolute atomic E-state index is 0.239. The van der Waals surface area contributed by atoms with E-state index in [2.05, 4.69) is 20.7 Å². The van der Waals surface area contributed by atoms with E-state index in [0.717, 1.165) is 11.0 Å². The van der Waals surface area contributed by atoms with Gasteiger partial charge in [-0.05, 0) is 19.1 Å². The molecule has 2 heterocycles. The Hall–Kier alpha value is -2.63. The number of H-pyrrole nitrogens is 1. The van der Waals surface area contributed by atoms with Crippen LogP contribution in [-0.4, -0.2) is 21.3 Å². The van der Waals surface area contributed by atoms with Crippen molar-refractivity contribution < 1.29 is 9.21 Å². The number of nitrogens with zero attached hydrogens (tertiary/aromatic N) is 2. The second kappa shape index (κ2) is 4.56. The van der Waals surface area contributed by atoms with Gasteiger partial charge in [-0.25, -0.2) is 0 Å². The van der Waals surface area contributed by atoms with Gasteiger partial charge in [-0.15, -0.1) is 0 Å². The van der Waals surface area contributed by atoms with Gasteiger partial charge in [0.2, 0.25) is 0 Å². The third-order valence-electron chi connectivity index (χ3n) is 2.87. The molecular weight excluding hydrogens is 244 g/mol. The van der Waals surface area contributed by atoms with Crippen LogP contribution in [0.25, 0.3) is 11.0 Å². The highest BCUT2D eigenvalue weighted by atomic mass is 16.3. The number of para-hydroxylation sites is 1. The molecule has 2 N–H and O–H groups in total. The molecule has 0 aliphatic carbocycles. The molecule has 0 fully saturated rings. The predicted octanol–water partition coefficient (Wildman–Crippen LogP) is 2.04. The van der Waals surface area contributed by atoms with Gasteiger partial charge in [-0.3, -0.25) is 4.79 Å². The van der Waals surface area contributed by atoms with Crippen LogP contribution in [-0.2, 0) is 0 Å². The van der Waals surface area contributed by atoms with Crippen LogP contribution in [0.15, 0.2) is 40.9 Å². The molecule has 1 amide bonds. The first-order chi connectivity index (χ1) is 9.24. The lowest BCUT2D eigenvalue weighted by atomic mass is 10.2. The van der Waals surface area contributed by atoms with E-state index in [9.17, 15) is 4.79 Å². The molecule has 0 aliphatic heterocycles. The second-order valence-electron chi connectivity index (χ2n) is 4.24. The van der Waals surface area contributed by atoms with E-state index in [4.69, 9.17) is 4.42 Å². The van der Waals surface area contributed by atoms with Crippen molar-refractivity contribution in [2.45, 2.75) is 13.0 Å². The van der Waals surface area contributed by atoms with Gasteiger partial charge in [0.1, 0.15) is 11.3 Å². The Morgan fingerprint density at radius 3 is 3.00 bits per heavy atom. The van der Waals surface area contributed by atoms with Gasteiger partial charge in [0.25, 0.3) is 5.91 Å². The molecular formula is C13H12N4O2. The highest BCUT2D eigenvalue weighted by Crippen LogP contribution is 2.23. The summed E-state index contributed by atoms with van der Waals surface area (Å²) >= 11 is 0. The Morgan fingerprint density at radius 1 is 1.42 bits per heavy atom. The second-order valence-corrected chi connectivity index (χ2v) is 4.24. The molecule has 0 spiro atoms. The summed E-state index contributed by atoms with van der Waals surface area (Å²) in [6.07, 6.45) is 1.38. The molecule has 1 aromatic carbocycles. The summed E-state index contributed by atoms with van der Waals surface area (Å²) in [5, 5.41) is 13.5. The van der Waals surface area contributed by atoms with Gasteiger partial charge in [0.15, 0.2) is 5.69 Å². The van der Waals surface area contributed by atoms with E-state index in [-0.39, 0.29) is 17.6 Å². The molecule has 3 aromatic rings. The number of benzene rings is 1. The van der Waals surface area contributed by atoms with Crippen LogP contribution in [0.3, 0.4) is 0 Å². The SMILES string of the molecule is CC(NC(=O)c1cn[nH]n1)c1cc2ccccc2o1. The Balaban J connectivity index is 1.80. The molecule has 6 nitrogen and oxygen atoms in total. The van der Waals surface area contributed by atoms with Crippen molar-refractivity contribution in [3.8, 4) is 0 Å². The molecule has 96 valence electrons. The van der Waals surface area contributed by atoms with Crippen LogP contribution >= 0.6 is 0 Å². The maximum absolute atomic E-state index is 11.8. The van der Waals surface area contributed by atoms with Crippen LogP contribution in [0.5, 0.6) is 0 Å². The number of aromatic amines is 1. The average Bonchev–Trinajstić information content (AvgIpc) is 3.07. The molecule has 1 atom stereocenters. The van der Waals surface area contributed by atoms with E-state index in [1.165, 1.54) is 6.20 Å². The van der Waals surface area contributed by atoms with Crippen molar-refractivity contribution in [1.29, 1.82) is 0 Å². The molecule has 1 unspecified atom stereocenters. The van der Waals surface area contributed by atoms with Crippen LogP contribution in [0, 0.1) is 0 Å². The van der Waals surface area contributed by atoms with Gasteiger partial charge in [-0.1, -0.05) is 18.2 Å². The topological polar surface area (TPSA) is 83.8 Å². The quantitative estimate of drug-likeness (QED) is 0.751. The molecule has 19 heavy (non-hydrogen) atoms. The molecule has 0 saturated carbocycles. The summed E-state index contributed by atoms with van der Waals surface area (Å²) in [7, 11) is 0. The largest absolute Gasteiger partial charge is 0.459 e. The minimum atomic E-state index is -0.290. The minimum Gasteiger partial charge on any atom is -0.459 e. The Bertz CT molecular complexity index is 669. The molecule has 2 aromatic heterocycles. The normalized spacial score (nSPS) is 12.5. The fourth-order valence-electron chi connectivity index (χ4n) is 1.87. The Morgan fingerprint density at radius 2 is 2.26 bits per heavy atom.